The van der Waals surface area contributed by atoms with E-state index >= 15 is 0 Å². The van der Waals surface area contributed by atoms with Crippen molar-refractivity contribution < 1.29 is 13.9 Å². The number of ether oxygens (including phenoxy) is 1. The van der Waals surface area contributed by atoms with Crippen LogP contribution in [-0.4, -0.2) is 12.5 Å². The van der Waals surface area contributed by atoms with Gasteiger partial charge in [-0.3, -0.25) is 4.79 Å². The molecule has 2 N–H and O–H groups in total. The third-order valence-electron chi connectivity index (χ3n) is 1.57. The van der Waals surface area contributed by atoms with Gasteiger partial charge in [-0.15, -0.1) is 0 Å². The quantitative estimate of drug-likeness (QED) is 0.737. The molecule has 0 aliphatic rings. The zero-order chi connectivity index (χ0) is 11.3. The van der Waals surface area contributed by atoms with E-state index in [0.29, 0.717) is 12.4 Å². The zero-order valence-electron chi connectivity index (χ0n) is 8.21. The smallest absolute Gasteiger partial charge is 0.293 e. The van der Waals surface area contributed by atoms with Crippen molar-refractivity contribution in [3.05, 3.63) is 29.6 Å². The predicted molar refractivity (Wildman–Crippen MR) is 53.6 cm³/mol. The highest BCUT2D eigenvalue weighted by atomic mass is 19.1. The molecule has 0 bridgehead atoms. The van der Waals surface area contributed by atoms with Crippen LogP contribution in [0.2, 0.25) is 0 Å². The Morgan fingerprint density at radius 1 is 1.60 bits per heavy atom. The summed E-state index contributed by atoms with van der Waals surface area (Å²) < 4.78 is 18.4. The van der Waals surface area contributed by atoms with Crippen molar-refractivity contribution in [2.75, 3.05) is 6.61 Å². The summed E-state index contributed by atoms with van der Waals surface area (Å²) in [5, 5.41) is 0. The second-order valence-electron chi connectivity index (χ2n) is 2.69. The van der Waals surface area contributed by atoms with Gasteiger partial charge in [-0.25, -0.2) is 4.39 Å². The predicted octanol–water partition coefficient (Wildman–Crippen LogP) is 1.06. The normalized spacial score (nSPS) is 8.93. The molecule has 0 atom stereocenters. The van der Waals surface area contributed by atoms with Gasteiger partial charge < -0.3 is 10.5 Å². The Balaban J connectivity index is 2.94. The third kappa shape index (κ3) is 3.31. The Morgan fingerprint density at radius 2 is 2.33 bits per heavy atom. The van der Waals surface area contributed by atoms with Crippen molar-refractivity contribution in [3.63, 3.8) is 0 Å². The summed E-state index contributed by atoms with van der Waals surface area (Å²) >= 11 is 0. The van der Waals surface area contributed by atoms with E-state index in [1.54, 1.807) is 13.0 Å². The molecule has 0 unspecified atom stereocenters. The molecule has 4 heteroatoms. The molecule has 15 heavy (non-hydrogen) atoms. The van der Waals surface area contributed by atoms with Crippen LogP contribution in [0, 0.1) is 17.7 Å². The average molecular weight is 207 g/mol. The number of benzene rings is 1. The monoisotopic (exact) mass is 207 g/mol. The Morgan fingerprint density at radius 3 is 2.87 bits per heavy atom. The molecular formula is C11H10FNO2. The van der Waals surface area contributed by atoms with Gasteiger partial charge >= 0.3 is 0 Å². The minimum absolute atomic E-state index is 0.122. The maximum Gasteiger partial charge on any atom is 0.293 e. The van der Waals surface area contributed by atoms with E-state index in [1.807, 2.05) is 0 Å². The fraction of sp³-hybridized carbons (Fsp3) is 0.182. The van der Waals surface area contributed by atoms with Crippen LogP contribution in [0.1, 0.15) is 12.5 Å². The van der Waals surface area contributed by atoms with E-state index in [0.717, 1.165) is 0 Å². The lowest BCUT2D eigenvalue weighted by Gasteiger charge is -2.02. The summed E-state index contributed by atoms with van der Waals surface area (Å²) in [4.78, 5) is 10.4. The Kier molecular flexibility index (Phi) is 3.69. The Bertz CT molecular complexity index is 432. The molecule has 0 aliphatic heterocycles. The van der Waals surface area contributed by atoms with Gasteiger partial charge in [0.25, 0.3) is 5.91 Å². The highest BCUT2D eigenvalue weighted by Gasteiger charge is 2.01. The van der Waals surface area contributed by atoms with Crippen molar-refractivity contribution >= 4 is 5.91 Å². The number of nitrogens with two attached hydrogens (primary N) is 1. The number of hydrogen-bond acceptors (Lipinski definition) is 2. The summed E-state index contributed by atoms with van der Waals surface area (Å²) in [7, 11) is 0. The maximum absolute atomic E-state index is 13.3. The SMILES string of the molecule is CCOc1ccc(C#CC(N)=O)c(F)c1. The minimum atomic E-state index is -0.789. The van der Waals surface area contributed by atoms with E-state index < -0.39 is 11.7 Å². The van der Waals surface area contributed by atoms with E-state index in [2.05, 4.69) is 11.8 Å². The van der Waals surface area contributed by atoms with Crippen LogP contribution in [0.15, 0.2) is 18.2 Å². The van der Waals surface area contributed by atoms with Gasteiger partial charge in [0.05, 0.1) is 12.2 Å². The van der Waals surface area contributed by atoms with E-state index in [1.165, 1.54) is 12.1 Å². The second kappa shape index (κ2) is 5.01. The molecule has 0 radical (unpaired) electrons. The van der Waals surface area contributed by atoms with Crippen LogP contribution < -0.4 is 10.5 Å². The molecule has 0 saturated carbocycles. The molecule has 0 saturated heterocycles. The fourth-order valence-electron chi connectivity index (χ4n) is 0.983. The molecule has 0 aromatic heterocycles. The molecule has 0 aliphatic carbocycles. The number of carbonyl (C=O) groups is 1. The van der Waals surface area contributed by atoms with Gasteiger partial charge in [-0.2, -0.15) is 0 Å². The van der Waals surface area contributed by atoms with Gasteiger partial charge in [0.15, 0.2) is 0 Å². The summed E-state index contributed by atoms with van der Waals surface area (Å²) in [5.41, 5.74) is 4.93. The first kappa shape index (κ1) is 11.1. The van der Waals surface area contributed by atoms with Gasteiger partial charge in [0, 0.05) is 12.0 Å². The highest BCUT2D eigenvalue weighted by molar-refractivity contribution is 5.92. The number of halogens is 1. The third-order valence-corrected chi connectivity index (χ3v) is 1.57. The molecule has 3 nitrogen and oxygen atoms in total. The first-order valence-electron chi connectivity index (χ1n) is 4.37. The van der Waals surface area contributed by atoms with Crippen LogP contribution in [0.5, 0.6) is 5.75 Å². The van der Waals surface area contributed by atoms with E-state index in [9.17, 15) is 9.18 Å². The van der Waals surface area contributed by atoms with Crippen molar-refractivity contribution in [1.82, 2.24) is 0 Å². The lowest BCUT2D eigenvalue weighted by molar-refractivity contribution is -0.112. The highest BCUT2D eigenvalue weighted by Crippen LogP contribution is 2.15. The molecule has 0 spiro atoms. The Labute approximate surface area is 87.0 Å². The van der Waals surface area contributed by atoms with Gasteiger partial charge in [0.2, 0.25) is 0 Å². The standard InChI is InChI=1S/C11H10FNO2/c1-2-15-9-5-3-8(10(12)7-9)4-6-11(13)14/h3,5,7H,2H2,1H3,(H2,13,14). The Hall–Kier alpha value is -2.02. The van der Waals surface area contributed by atoms with Crippen LogP contribution in [-0.2, 0) is 4.79 Å². The number of amides is 1. The first-order valence-corrected chi connectivity index (χ1v) is 4.37. The second-order valence-corrected chi connectivity index (χ2v) is 2.69. The van der Waals surface area contributed by atoms with Crippen molar-refractivity contribution in [1.29, 1.82) is 0 Å². The van der Waals surface area contributed by atoms with Crippen LogP contribution >= 0.6 is 0 Å². The van der Waals surface area contributed by atoms with Crippen molar-refractivity contribution in [2.45, 2.75) is 6.92 Å². The molecule has 1 aromatic carbocycles. The molecule has 1 amide bonds. The summed E-state index contributed by atoms with van der Waals surface area (Å²) in [5.74, 6) is 3.50. The van der Waals surface area contributed by atoms with Gasteiger partial charge in [-0.1, -0.05) is 5.92 Å². The van der Waals surface area contributed by atoms with Crippen molar-refractivity contribution in [3.8, 4) is 17.6 Å². The topological polar surface area (TPSA) is 52.3 Å². The summed E-state index contributed by atoms with van der Waals surface area (Å²) in [6.07, 6.45) is 0. The first-order chi connectivity index (χ1) is 7.13. The molecular weight excluding hydrogens is 197 g/mol. The molecule has 0 heterocycles. The molecule has 1 aromatic rings. The largest absolute Gasteiger partial charge is 0.494 e. The number of rotatable bonds is 2. The number of primary amides is 1. The number of hydrogen-bond donors (Lipinski definition) is 1. The van der Waals surface area contributed by atoms with E-state index in [4.69, 9.17) is 10.5 Å². The fourth-order valence-corrected chi connectivity index (χ4v) is 0.983. The van der Waals surface area contributed by atoms with Crippen LogP contribution in [0.4, 0.5) is 4.39 Å². The summed E-state index contributed by atoms with van der Waals surface area (Å²) in [6, 6.07) is 4.24. The average Bonchev–Trinajstić information content (AvgIpc) is 2.17. The lowest BCUT2D eigenvalue weighted by atomic mass is 10.2. The van der Waals surface area contributed by atoms with Crippen LogP contribution in [0.3, 0.4) is 0 Å². The zero-order valence-corrected chi connectivity index (χ0v) is 8.21. The summed E-state index contributed by atoms with van der Waals surface area (Å²) in [6.45, 7) is 2.27. The molecule has 1 rings (SSSR count). The van der Waals surface area contributed by atoms with Crippen LogP contribution in [0.25, 0.3) is 0 Å². The lowest BCUT2D eigenvalue weighted by Crippen LogP contribution is -2.06. The molecule has 0 fully saturated rings. The maximum atomic E-state index is 13.3. The molecule has 78 valence electrons. The van der Waals surface area contributed by atoms with Gasteiger partial charge in [-0.05, 0) is 19.1 Å². The minimum Gasteiger partial charge on any atom is -0.494 e. The number of carbonyl (C=O) groups excluding carboxylic acids is 1. The van der Waals surface area contributed by atoms with Crippen molar-refractivity contribution in [2.24, 2.45) is 5.73 Å². The van der Waals surface area contributed by atoms with Gasteiger partial charge in [0.1, 0.15) is 11.6 Å². The van der Waals surface area contributed by atoms with E-state index in [-0.39, 0.29) is 5.56 Å².